The second-order valence-electron chi connectivity index (χ2n) is 8.46. The third-order valence-electron chi connectivity index (χ3n) is 5.54. The number of nitrogens with one attached hydrogen (secondary N) is 1. The number of nitrogens with two attached hydrogens (primary N) is 1. The number of anilines is 2. The number of rotatable bonds is 6. The molecule has 1 atom stereocenters. The summed E-state index contributed by atoms with van der Waals surface area (Å²) >= 11 is 12.5. The zero-order chi connectivity index (χ0) is 24.6. The summed E-state index contributed by atoms with van der Waals surface area (Å²) in [7, 11) is 0. The molecule has 1 fully saturated rings. The lowest BCUT2D eigenvalue weighted by Crippen LogP contribution is -2.60. The van der Waals surface area contributed by atoms with Crippen LogP contribution in [-0.4, -0.2) is 39.5 Å². The first-order valence-electron chi connectivity index (χ1n) is 10.4. The van der Waals surface area contributed by atoms with Gasteiger partial charge in [0.2, 0.25) is 0 Å². The van der Waals surface area contributed by atoms with Crippen molar-refractivity contribution in [2.45, 2.75) is 25.6 Å². The molecule has 3 heterocycles. The molecular formula is C24H22Cl2N6O2. The third kappa shape index (κ3) is 4.64. The third-order valence-corrected chi connectivity index (χ3v) is 6.14. The Morgan fingerprint density at radius 3 is 2.56 bits per heavy atom. The molecule has 0 radical (unpaired) electrons. The molecule has 2 aromatic heterocycles. The second-order valence-corrected chi connectivity index (χ2v) is 9.28. The lowest BCUT2D eigenvalue weighted by atomic mass is 9.95. The van der Waals surface area contributed by atoms with E-state index in [1.54, 1.807) is 31.2 Å². The van der Waals surface area contributed by atoms with Crippen molar-refractivity contribution in [3.8, 4) is 11.8 Å². The monoisotopic (exact) mass is 496 g/mol. The van der Waals surface area contributed by atoms with Crippen molar-refractivity contribution < 1.29 is 9.84 Å². The number of pyridine rings is 2. The van der Waals surface area contributed by atoms with Crippen LogP contribution < -0.4 is 15.4 Å². The number of aliphatic hydroxyl groups is 1. The van der Waals surface area contributed by atoms with E-state index in [2.05, 4.69) is 16.0 Å². The van der Waals surface area contributed by atoms with Crippen LogP contribution >= 0.6 is 23.2 Å². The Morgan fingerprint density at radius 1 is 1.26 bits per heavy atom. The smallest absolute Gasteiger partial charge is 0.146 e. The fourth-order valence-corrected chi connectivity index (χ4v) is 4.58. The van der Waals surface area contributed by atoms with Gasteiger partial charge >= 0.3 is 0 Å². The number of hydrogen-bond acceptors (Lipinski definition) is 8. The highest BCUT2D eigenvalue weighted by atomic mass is 35.5. The van der Waals surface area contributed by atoms with E-state index < -0.39 is 11.7 Å². The van der Waals surface area contributed by atoms with Crippen LogP contribution in [0.1, 0.15) is 42.2 Å². The first-order chi connectivity index (χ1) is 16.1. The van der Waals surface area contributed by atoms with Crippen LogP contribution in [0.4, 0.5) is 11.5 Å². The van der Waals surface area contributed by atoms with E-state index in [9.17, 15) is 10.4 Å². The van der Waals surface area contributed by atoms with Gasteiger partial charge in [-0.25, -0.2) is 4.98 Å². The van der Waals surface area contributed by atoms with Crippen LogP contribution in [0.5, 0.6) is 5.75 Å². The number of β-amino-alcohol motifs (C(OH)–C–C–N with tert-alkyl or cyclic N) is 1. The zero-order valence-corrected chi connectivity index (χ0v) is 20.0. The minimum absolute atomic E-state index is 0.0988. The predicted octanol–water partition coefficient (Wildman–Crippen LogP) is 4.36. The summed E-state index contributed by atoms with van der Waals surface area (Å²) in [6, 6.07) is 8.74. The molecule has 1 aliphatic heterocycles. The Bertz CT molecular complexity index is 1290. The summed E-state index contributed by atoms with van der Waals surface area (Å²) in [4.78, 5) is 10.2. The Hall–Kier alpha value is -3.38. The topological polar surface area (TPSA) is 132 Å². The van der Waals surface area contributed by atoms with Gasteiger partial charge < -0.3 is 20.5 Å². The summed E-state index contributed by atoms with van der Waals surface area (Å²) in [6.45, 7) is 4.32. The van der Waals surface area contributed by atoms with E-state index in [1.165, 1.54) is 18.6 Å². The molecule has 1 aromatic carbocycles. The Kier molecular flexibility index (Phi) is 6.36. The molecule has 0 spiro atoms. The number of hydrogen-bond donors (Lipinski definition) is 3. The second kappa shape index (κ2) is 9.11. The average Bonchev–Trinajstić information content (AvgIpc) is 2.77. The highest BCUT2D eigenvalue weighted by Gasteiger charge is 2.38. The molecule has 10 heteroatoms. The van der Waals surface area contributed by atoms with E-state index >= 15 is 0 Å². The van der Waals surface area contributed by atoms with E-state index in [0.29, 0.717) is 62.6 Å². The van der Waals surface area contributed by atoms with Gasteiger partial charge in [-0.1, -0.05) is 23.2 Å². The van der Waals surface area contributed by atoms with E-state index in [0.717, 1.165) is 0 Å². The van der Waals surface area contributed by atoms with E-state index in [4.69, 9.17) is 39.1 Å². The van der Waals surface area contributed by atoms with Crippen LogP contribution in [0.25, 0.3) is 0 Å². The normalized spacial score (nSPS) is 15.2. The number of nitrogen functional groups attached to an aromatic ring is 1. The molecule has 3 aromatic rings. The van der Waals surface area contributed by atoms with Gasteiger partial charge in [0.1, 0.15) is 23.7 Å². The number of nitriles is 1. The van der Waals surface area contributed by atoms with Gasteiger partial charge in [0.15, 0.2) is 0 Å². The van der Waals surface area contributed by atoms with Crippen molar-refractivity contribution in [2.75, 3.05) is 23.7 Å². The molecular weight excluding hydrogens is 475 g/mol. The molecule has 4 rings (SSSR count). The summed E-state index contributed by atoms with van der Waals surface area (Å²) in [6.07, 6.45) is 4.04. The Balaban J connectivity index is 1.59. The largest absolute Gasteiger partial charge is 0.486 e. The molecule has 0 saturated carbocycles. The Morgan fingerprint density at radius 2 is 1.94 bits per heavy atom. The maximum Gasteiger partial charge on any atom is 0.146 e. The molecule has 0 bridgehead atoms. The minimum Gasteiger partial charge on any atom is -0.486 e. The summed E-state index contributed by atoms with van der Waals surface area (Å²) in [5.41, 5.74) is 7.64. The van der Waals surface area contributed by atoms with Gasteiger partial charge in [0.05, 0.1) is 26.9 Å². The Labute approximate surface area is 207 Å². The van der Waals surface area contributed by atoms with Crippen LogP contribution in [0, 0.1) is 16.7 Å². The van der Waals surface area contributed by atoms with Crippen molar-refractivity contribution in [1.82, 2.24) is 9.97 Å². The number of aromatic nitrogens is 2. The van der Waals surface area contributed by atoms with Crippen molar-refractivity contribution in [3.05, 3.63) is 75.2 Å². The molecule has 0 aliphatic carbocycles. The quantitative estimate of drug-likeness (QED) is 0.340. The van der Waals surface area contributed by atoms with Gasteiger partial charge in [-0.05, 0) is 38.1 Å². The first-order valence-corrected chi connectivity index (χ1v) is 11.2. The summed E-state index contributed by atoms with van der Waals surface area (Å²) in [5.74, 6) is 0.953. The molecule has 34 heavy (non-hydrogen) atoms. The molecule has 0 unspecified atom stereocenters. The average molecular weight is 497 g/mol. The number of nitrogens with zero attached hydrogens (tertiary/aromatic N) is 4. The highest BCUT2D eigenvalue weighted by Crippen LogP contribution is 2.34. The van der Waals surface area contributed by atoms with Crippen LogP contribution in [-0.2, 0) is 0 Å². The van der Waals surface area contributed by atoms with Crippen LogP contribution in [0.15, 0.2) is 42.9 Å². The van der Waals surface area contributed by atoms with Crippen molar-refractivity contribution >= 4 is 40.4 Å². The number of halogens is 2. The number of benzene rings is 1. The SMILES string of the molecule is C[C@@H](Oc1ccc(N)c(C(=N)c2cnc(N3CC(C)(O)C3)c(C#N)c2)c1)c1c(Cl)cncc1Cl. The van der Waals surface area contributed by atoms with Crippen LogP contribution in [0.2, 0.25) is 10.0 Å². The van der Waals surface area contributed by atoms with Crippen molar-refractivity contribution in [2.24, 2.45) is 0 Å². The van der Waals surface area contributed by atoms with Crippen molar-refractivity contribution in [3.63, 3.8) is 0 Å². The van der Waals surface area contributed by atoms with E-state index in [-0.39, 0.29) is 5.71 Å². The summed E-state index contributed by atoms with van der Waals surface area (Å²) < 4.78 is 6.03. The van der Waals surface area contributed by atoms with Gasteiger partial charge in [0, 0.05) is 54.1 Å². The maximum atomic E-state index is 9.99. The molecule has 0 amide bonds. The molecule has 174 valence electrons. The standard InChI is InChI=1S/C24H22Cl2N6O2/c1-13(21-18(25)9-30-10-19(21)26)34-16-3-4-20(28)17(6-16)22(29)15-5-14(7-27)23(31-8-15)32-11-24(2,33)12-32/h3-6,8-10,13,29,33H,11-12,28H2,1-2H3/t13-/m1/s1. The molecule has 1 saturated heterocycles. The fourth-order valence-electron chi connectivity index (χ4n) is 3.91. The highest BCUT2D eigenvalue weighted by molar-refractivity contribution is 6.35. The predicted molar refractivity (Wildman–Crippen MR) is 132 cm³/mol. The van der Waals surface area contributed by atoms with Crippen LogP contribution in [0.3, 0.4) is 0 Å². The van der Waals surface area contributed by atoms with Gasteiger partial charge in [-0.15, -0.1) is 0 Å². The van der Waals surface area contributed by atoms with Gasteiger partial charge in [0.25, 0.3) is 0 Å². The lowest BCUT2D eigenvalue weighted by Gasteiger charge is -2.45. The van der Waals surface area contributed by atoms with Crippen molar-refractivity contribution in [1.29, 1.82) is 10.7 Å². The number of ether oxygens (including phenoxy) is 1. The van der Waals surface area contributed by atoms with Gasteiger partial charge in [-0.3, -0.25) is 10.4 Å². The fraction of sp³-hybridized carbons (Fsp3) is 0.250. The maximum absolute atomic E-state index is 9.99. The zero-order valence-electron chi connectivity index (χ0n) is 18.5. The van der Waals surface area contributed by atoms with Gasteiger partial charge in [-0.2, -0.15) is 5.26 Å². The minimum atomic E-state index is -0.795. The lowest BCUT2D eigenvalue weighted by molar-refractivity contribution is 0.0305. The molecule has 1 aliphatic rings. The summed E-state index contributed by atoms with van der Waals surface area (Å²) in [5, 5.41) is 29.1. The van der Waals surface area contributed by atoms with E-state index in [1.807, 2.05) is 11.8 Å². The molecule has 8 nitrogen and oxygen atoms in total. The molecule has 4 N–H and O–H groups in total. The first kappa shape index (κ1) is 23.8.